The fourth-order valence-corrected chi connectivity index (χ4v) is 2.91. The van der Waals surface area contributed by atoms with Crippen molar-refractivity contribution in [2.45, 2.75) is 18.8 Å². The molecule has 3 rings (SSSR count). The number of ketones is 1. The van der Waals surface area contributed by atoms with Gasteiger partial charge in [0.2, 0.25) is 10.0 Å². The van der Waals surface area contributed by atoms with Gasteiger partial charge in [0, 0.05) is 13.0 Å². The minimum absolute atomic E-state index is 0.0767. The van der Waals surface area contributed by atoms with Crippen molar-refractivity contribution in [2.24, 2.45) is 0 Å². The second-order valence-corrected chi connectivity index (χ2v) is 7.71. The quantitative estimate of drug-likeness (QED) is 0.769. The Balaban J connectivity index is 2.15. The molecule has 24 heavy (non-hydrogen) atoms. The molecule has 0 radical (unpaired) electrons. The minimum Gasteiger partial charge on any atom is -0.360 e. The summed E-state index contributed by atoms with van der Waals surface area (Å²) in [4.78, 5) is 12.8. The monoisotopic (exact) mass is 356 g/mol. The number of halogens is 2. The Morgan fingerprint density at radius 1 is 1.29 bits per heavy atom. The highest BCUT2D eigenvalue weighted by Gasteiger charge is 2.34. The average Bonchev–Trinajstić information content (AvgIpc) is 3.24. The summed E-state index contributed by atoms with van der Waals surface area (Å²) in [5, 5.41) is 3.60. The summed E-state index contributed by atoms with van der Waals surface area (Å²) in [5.41, 5.74) is -0.774. The van der Waals surface area contributed by atoms with Crippen LogP contribution in [0.5, 0.6) is 0 Å². The Morgan fingerprint density at radius 3 is 2.54 bits per heavy atom. The largest absolute Gasteiger partial charge is 0.360 e. The molecule has 0 bridgehead atoms. The Hall–Kier alpha value is -2.29. The highest BCUT2D eigenvalue weighted by atomic mass is 32.2. The van der Waals surface area contributed by atoms with Crippen LogP contribution < -0.4 is 4.31 Å². The standard InChI is InChI=1S/C15H14F2N2O4S/c1-19(24(2,21)22)13-9(5-6-11(16)12(13)17)14(20)10-7-18-23-15(10)8-3-4-8/h5-8H,3-4H2,1-2H3. The summed E-state index contributed by atoms with van der Waals surface area (Å²) in [6, 6.07) is 1.84. The highest BCUT2D eigenvalue weighted by molar-refractivity contribution is 7.92. The second-order valence-electron chi connectivity index (χ2n) is 5.70. The molecule has 0 unspecified atom stereocenters. The number of nitrogens with zero attached hydrogens (tertiary/aromatic N) is 2. The number of rotatable bonds is 5. The number of hydrogen-bond donors (Lipinski definition) is 0. The summed E-state index contributed by atoms with van der Waals surface area (Å²) in [5.74, 6) is -2.85. The van der Waals surface area contributed by atoms with Gasteiger partial charge in [-0.1, -0.05) is 5.16 Å². The molecule has 6 nitrogen and oxygen atoms in total. The number of aromatic nitrogens is 1. The molecule has 0 aliphatic heterocycles. The lowest BCUT2D eigenvalue weighted by atomic mass is 10.0. The van der Waals surface area contributed by atoms with Crippen molar-refractivity contribution in [3.8, 4) is 0 Å². The van der Waals surface area contributed by atoms with Gasteiger partial charge in [-0.2, -0.15) is 0 Å². The minimum atomic E-state index is -3.90. The van der Waals surface area contributed by atoms with E-state index in [2.05, 4.69) is 5.16 Å². The van der Waals surface area contributed by atoms with Gasteiger partial charge >= 0.3 is 0 Å². The average molecular weight is 356 g/mol. The van der Waals surface area contributed by atoms with Crippen LogP contribution in [0.25, 0.3) is 0 Å². The van der Waals surface area contributed by atoms with Crippen LogP contribution >= 0.6 is 0 Å². The number of carbonyl (C=O) groups is 1. The molecule has 1 saturated carbocycles. The lowest BCUT2D eigenvalue weighted by Gasteiger charge is -2.20. The Morgan fingerprint density at radius 2 is 1.96 bits per heavy atom. The van der Waals surface area contributed by atoms with E-state index in [9.17, 15) is 22.0 Å². The van der Waals surface area contributed by atoms with Crippen molar-refractivity contribution < 1.29 is 26.5 Å². The third-order valence-corrected chi connectivity index (χ3v) is 5.09. The predicted octanol–water partition coefficient (Wildman–Crippen LogP) is 2.46. The van der Waals surface area contributed by atoms with Crippen LogP contribution in [0.2, 0.25) is 0 Å². The first-order valence-corrected chi connectivity index (χ1v) is 8.97. The first-order chi connectivity index (χ1) is 11.2. The SMILES string of the molecule is CN(c1c(C(=O)c2cnoc2C2CC2)ccc(F)c1F)S(C)(=O)=O. The van der Waals surface area contributed by atoms with Crippen LogP contribution in [0.1, 0.15) is 40.4 Å². The highest BCUT2D eigenvalue weighted by Crippen LogP contribution is 2.42. The third kappa shape index (κ3) is 2.79. The molecule has 1 aromatic heterocycles. The maximum Gasteiger partial charge on any atom is 0.232 e. The van der Waals surface area contributed by atoms with E-state index in [0.717, 1.165) is 38.3 Å². The van der Waals surface area contributed by atoms with Crippen molar-refractivity contribution in [2.75, 3.05) is 17.6 Å². The maximum absolute atomic E-state index is 14.2. The zero-order chi connectivity index (χ0) is 17.6. The zero-order valence-corrected chi connectivity index (χ0v) is 13.7. The smallest absolute Gasteiger partial charge is 0.232 e. The van der Waals surface area contributed by atoms with E-state index in [1.165, 1.54) is 6.20 Å². The van der Waals surface area contributed by atoms with Gasteiger partial charge < -0.3 is 4.52 Å². The molecule has 2 aromatic rings. The van der Waals surface area contributed by atoms with Crippen LogP contribution in [0.15, 0.2) is 22.9 Å². The van der Waals surface area contributed by atoms with Gasteiger partial charge in [0.1, 0.15) is 5.69 Å². The van der Waals surface area contributed by atoms with E-state index in [0.29, 0.717) is 10.1 Å². The molecule has 0 spiro atoms. The molecule has 1 fully saturated rings. The van der Waals surface area contributed by atoms with Gasteiger partial charge in [-0.25, -0.2) is 17.2 Å². The third-order valence-electron chi connectivity index (χ3n) is 3.92. The lowest BCUT2D eigenvalue weighted by Crippen LogP contribution is -2.28. The molecule has 0 saturated heterocycles. The number of anilines is 1. The van der Waals surface area contributed by atoms with Crippen molar-refractivity contribution in [1.82, 2.24) is 5.16 Å². The van der Waals surface area contributed by atoms with E-state index in [1.807, 2.05) is 0 Å². The molecular weight excluding hydrogens is 342 g/mol. The van der Waals surface area contributed by atoms with E-state index < -0.39 is 33.1 Å². The van der Waals surface area contributed by atoms with Crippen LogP contribution in [0.3, 0.4) is 0 Å². The van der Waals surface area contributed by atoms with Gasteiger partial charge in [-0.15, -0.1) is 0 Å². The summed E-state index contributed by atoms with van der Waals surface area (Å²) in [6.07, 6.45) is 3.74. The lowest BCUT2D eigenvalue weighted by molar-refractivity contribution is 0.103. The fraction of sp³-hybridized carbons (Fsp3) is 0.333. The number of carbonyl (C=O) groups excluding carboxylic acids is 1. The normalized spacial score (nSPS) is 14.7. The number of sulfonamides is 1. The summed E-state index contributed by atoms with van der Waals surface area (Å²) < 4.78 is 56.9. The molecule has 1 aromatic carbocycles. The maximum atomic E-state index is 14.2. The van der Waals surface area contributed by atoms with Crippen molar-refractivity contribution in [3.63, 3.8) is 0 Å². The van der Waals surface area contributed by atoms with Gasteiger partial charge in [0.25, 0.3) is 0 Å². The Labute approximate surface area is 137 Å². The van der Waals surface area contributed by atoms with E-state index >= 15 is 0 Å². The molecule has 1 aliphatic carbocycles. The Bertz CT molecular complexity index is 920. The van der Waals surface area contributed by atoms with Gasteiger partial charge in [0.05, 0.1) is 23.6 Å². The molecule has 1 heterocycles. The van der Waals surface area contributed by atoms with Crippen molar-refractivity contribution >= 4 is 21.5 Å². The van der Waals surface area contributed by atoms with Gasteiger partial charge in [-0.05, 0) is 25.0 Å². The van der Waals surface area contributed by atoms with Crippen molar-refractivity contribution in [1.29, 1.82) is 0 Å². The topological polar surface area (TPSA) is 80.5 Å². The zero-order valence-electron chi connectivity index (χ0n) is 12.9. The molecule has 0 N–H and O–H groups in total. The summed E-state index contributed by atoms with van der Waals surface area (Å²) >= 11 is 0. The summed E-state index contributed by atoms with van der Waals surface area (Å²) in [7, 11) is -2.84. The predicted molar refractivity (Wildman–Crippen MR) is 81.5 cm³/mol. The molecule has 0 amide bonds. The van der Waals surface area contributed by atoms with Crippen LogP contribution in [-0.2, 0) is 10.0 Å². The summed E-state index contributed by atoms with van der Waals surface area (Å²) in [6.45, 7) is 0. The van der Waals surface area contributed by atoms with Gasteiger partial charge in [0.15, 0.2) is 23.2 Å². The first kappa shape index (κ1) is 16.6. The molecule has 9 heteroatoms. The van der Waals surface area contributed by atoms with Crippen LogP contribution in [-0.4, -0.2) is 32.7 Å². The van der Waals surface area contributed by atoms with Gasteiger partial charge in [-0.3, -0.25) is 9.10 Å². The molecule has 128 valence electrons. The van der Waals surface area contributed by atoms with Crippen LogP contribution in [0, 0.1) is 11.6 Å². The van der Waals surface area contributed by atoms with E-state index in [4.69, 9.17) is 4.52 Å². The van der Waals surface area contributed by atoms with Crippen molar-refractivity contribution in [3.05, 3.63) is 46.9 Å². The second kappa shape index (κ2) is 5.66. The van der Waals surface area contributed by atoms with Crippen LogP contribution in [0.4, 0.5) is 14.5 Å². The first-order valence-electron chi connectivity index (χ1n) is 7.13. The molecular formula is C15H14F2N2O4S. The molecule has 1 aliphatic rings. The fourth-order valence-electron chi connectivity index (χ4n) is 2.40. The van der Waals surface area contributed by atoms with E-state index in [1.54, 1.807) is 0 Å². The number of hydrogen-bond acceptors (Lipinski definition) is 5. The Kier molecular flexibility index (Phi) is 3.90. The van der Waals surface area contributed by atoms with E-state index in [-0.39, 0.29) is 17.0 Å². The number of benzene rings is 1. The molecule has 0 atom stereocenters.